The van der Waals surface area contributed by atoms with Gasteiger partial charge in [-0.2, -0.15) is 0 Å². The van der Waals surface area contributed by atoms with Crippen molar-refractivity contribution in [3.05, 3.63) is 0 Å². The van der Waals surface area contributed by atoms with Crippen LogP contribution in [0.25, 0.3) is 0 Å². The fourth-order valence-electron chi connectivity index (χ4n) is 3.28. The zero-order valence-electron chi connectivity index (χ0n) is 11.0. The molecule has 0 aliphatic carbocycles. The van der Waals surface area contributed by atoms with Crippen LogP contribution < -0.4 is 0 Å². The maximum Gasteiger partial charge on any atom is 0.226 e. The Labute approximate surface area is 99.4 Å². The topological polar surface area (TPSA) is 20.3 Å². The lowest BCUT2D eigenvalue weighted by Gasteiger charge is -2.38. The lowest BCUT2D eigenvalue weighted by atomic mass is 9.77. The van der Waals surface area contributed by atoms with Crippen LogP contribution in [0.4, 0.5) is 0 Å². The fraction of sp³-hybridized carbons (Fsp3) is 0.929. The minimum Gasteiger partial charge on any atom is -0.339 e. The number of hydrogen-bond donors (Lipinski definition) is 0. The van der Waals surface area contributed by atoms with Crippen LogP contribution in [-0.4, -0.2) is 23.4 Å². The van der Waals surface area contributed by atoms with Gasteiger partial charge >= 0.3 is 0 Å². The molecule has 2 unspecified atom stereocenters. The van der Waals surface area contributed by atoms with Crippen LogP contribution in [0.1, 0.15) is 59.3 Å². The van der Waals surface area contributed by atoms with Crippen molar-refractivity contribution in [2.45, 2.75) is 65.3 Å². The molecule has 2 aliphatic rings. The molecule has 0 aromatic rings. The summed E-state index contributed by atoms with van der Waals surface area (Å²) in [7, 11) is 0. The second kappa shape index (κ2) is 4.38. The molecule has 0 saturated carbocycles. The van der Waals surface area contributed by atoms with Gasteiger partial charge in [0.05, 0.1) is 0 Å². The average Bonchev–Trinajstić information content (AvgIpc) is 2.38. The SMILES string of the molecule is CC(C)(C)C1CCCC2CCCCN2C1=O. The first kappa shape index (κ1) is 11.9. The van der Waals surface area contributed by atoms with Crippen molar-refractivity contribution >= 4 is 5.91 Å². The summed E-state index contributed by atoms with van der Waals surface area (Å²) in [6, 6.07) is 0.564. The first-order chi connectivity index (χ1) is 7.50. The number of hydrogen-bond acceptors (Lipinski definition) is 1. The van der Waals surface area contributed by atoms with Crippen LogP contribution in [0.2, 0.25) is 0 Å². The van der Waals surface area contributed by atoms with Crippen LogP contribution in [0.3, 0.4) is 0 Å². The smallest absolute Gasteiger partial charge is 0.226 e. The first-order valence-corrected chi connectivity index (χ1v) is 6.80. The van der Waals surface area contributed by atoms with E-state index in [0.29, 0.717) is 11.9 Å². The molecule has 16 heavy (non-hydrogen) atoms. The molecule has 0 radical (unpaired) electrons. The summed E-state index contributed by atoms with van der Waals surface area (Å²) >= 11 is 0. The maximum absolute atomic E-state index is 12.6. The van der Waals surface area contributed by atoms with Crippen molar-refractivity contribution in [1.82, 2.24) is 4.90 Å². The number of carbonyl (C=O) groups is 1. The Morgan fingerprint density at radius 2 is 1.75 bits per heavy atom. The number of fused-ring (bicyclic) bond motifs is 1. The highest BCUT2D eigenvalue weighted by Crippen LogP contribution is 2.37. The first-order valence-electron chi connectivity index (χ1n) is 6.80. The molecule has 92 valence electrons. The van der Waals surface area contributed by atoms with Gasteiger partial charge in [0.2, 0.25) is 5.91 Å². The lowest BCUT2D eigenvalue weighted by molar-refractivity contribution is -0.141. The van der Waals surface area contributed by atoms with Crippen molar-refractivity contribution in [1.29, 1.82) is 0 Å². The predicted octanol–water partition coefficient (Wildman–Crippen LogP) is 3.21. The molecule has 0 aromatic carbocycles. The van der Waals surface area contributed by atoms with Crippen molar-refractivity contribution in [3.63, 3.8) is 0 Å². The van der Waals surface area contributed by atoms with E-state index < -0.39 is 0 Å². The van der Waals surface area contributed by atoms with Crippen LogP contribution in [-0.2, 0) is 4.79 Å². The molecule has 0 N–H and O–H groups in total. The highest BCUT2D eigenvalue weighted by Gasteiger charge is 2.39. The molecule has 0 spiro atoms. The van der Waals surface area contributed by atoms with Crippen molar-refractivity contribution in [2.75, 3.05) is 6.54 Å². The van der Waals surface area contributed by atoms with Gasteiger partial charge in [-0.15, -0.1) is 0 Å². The third kappa shape index (κ3) is 2.26. The second-order valence-corrected chi connectivity index (χ2v) is 6.53. The van der Waals surface area contributed by atoms with Crippen LogP contribution >= 0.6 is 0 Å². The van der Waals surface area contributed by atoms with Crippen LogP contribution in [0.15, 0.2) is 0 Å². The molecule has 2 fully saturated rings. The maximum atomic E-state index is 12.6. The Hall–Kier alpha value is -0.530. The average molecular weight is 223 g/mol. The van der Waals surface area contributed by atoms with E-state index in [-0.39, 0.29) is 11.3 Å². The zero-order chi connectivity index (χ0) is 11.8. The van der Waals surface area contributed by atoms with Gasteiger partial charge in [0.15, 0.2) is 0 Å². The van der Waals surface area contributed by atoms with E-state index in [0.717, 1.165) is 13.0 Å². The van der Waals surface area contributed by atoms with Gasteiger partial charge in [-0.25, -0.2) is 0 Å². The molecule has 2 aliphatic heterocycles. The largest absolute Gasteiger partial charge is 0.339 e. The van der Waals surface area contributed by atoms with E-state index >= 15 is 0 Å². The molecule has 2 rings (SSSR count). The minimum absolute atomic E-state index is 0.128. The summed E-state index contributed by atoms with van der Waals surface area (Å²) in [5, 5.41) is 0. The van der Waals surface area contributed by atoms with E-state index in [9.17, 15) is 4.79 Å². The minimum atomic E-state index is 0.128. The summed E-state index contributed by atoms with van der Waals surface area (Å²) in [5.41, 5.74) is 0.128. The highest BCUT2D eigenvalue weighted by molar-refractivity contribution is 5.80. The van der Waals surface area contributed by atoms with E-state index in [1.54, 1.807) is 0 Å². The molecule has 0 aromatic heterocycles. The third-order valence-electron chi connectivity index (χ3n) is 4.28. The quantitative estimate of drug-likeness (QED) is 0.617. The summed E-state index contributed by atoms with van der Waals surface area (Å²) in [4.78, 5) is 14.8. The Bertz CT molecular complexity index is 266. The second-order valence-electron chi connectivity index (χ2n) is 6.53. The number of amides is 1. The molecular weight excluding hydrogens is 198 g/mol. The van der Waals surface area contributed by atoms with Gasteiger partial charge in [0.25, 0.3) is 0 Å². The summed E-state index contributed by atoms with van der Waals surface area (Å²) in [6.07, 6.45) is 7.32. The zero-order valence-corrected chi connectivity index (χ0v) is 11.0. The number of carbonyl (C=O) groups excluding carboxylic acids is 1. The van der Waals surface area contributed by atoms with Gasteiger partial charge in [0.1, 0.15) is 0 Å². The van der Waals surface area contributed by atoms with Crippen molar-refractivity contribution in [3.8, 4) is 0 Å². The van der Waals surface area contributed by atoms with E-state index in [2.05, 4.69) is 25.7 Å². The normalized spacial score (nSPS) is 32.2. The molecule has 2 heterocycles. The Morgan fingerprint density at radius 3 is 2.44 bits per heavy atom. The Balaban J connectivity index is 2.17. The van der Waals surface area contributed by atoms with Gasteiger partial charge in [0, 0.05) is 18.5 Å². The molecule has 2 atom stereocenters. The fourth-order valence-corrected chi connectivity index (χ4v) is 3.28. The van der Waals surface area contributed by atoms with E-state index in [1.165, 1.54) is 32.1 Å². The number of rotatable bonds is 0. The van der Waals surface area contributed by atoms with Crippen LogP contribution in [0, 0.1) is 11.3 Å². The van der Waals surface area contributed by atoms with E-state index in [1.807, 2.05) is 0 Å². The molecule has 2 saturated heterocycles. The highest BCUT2D eigenvalue weighted by atomic mass is 16.2. The van der Waals surface area contributed by atoms with Crippen molar-refractivity contribution in [2.24, 2.45) is 11.3 Å². The predicted molar refractivity (Wildman–Crippen MR) is 66.1 cm³/mol. The molecule has 0 bridgehead atoms. The molecular formula is C14H25NO. The van der Waals surface area contributed by atoms with Crippen LogP contribution in [0.5, 0.6) is 0 Å². The molecule has 2 heteroatoms. The lowest BCUT2D eigenvalue weighted by Crippen LogP contribution is -2.47. The Morgan fingerprint density at radius 1 is 1.06 bits per heavy atom. The number of nitrogens with zero attached hydrogens (tertiary/aromatic N) is 1. The molecule has 2 nitrogen and oxygen atoms in total. The van der Waals surface area contributed by atoms with Gasteiger partial charge in [-0.05, 0) is 37.5 Å². The van der Waals surface area contributed by atoms with Gasteiger partial charge < -0.3 is 4.90 Å². The molecule has 1 amide bonds. The summed E-state index contributed by atoms with van der Waals surface area (Å²) in [6.45, 7) is 7.63. The summed E-state index contributed by atoms with van der Waals surface area (Å²) in [5.74, 6) is 0.685. The third-order valence-corrected chi connectivity index (χ3v) is 4.28. The number of piperidine rings is 1. The monoisotopic (exact) mass is 223 g/mol. The standard InChI is InChI=1S/C14H25NO/c1-14(2,3)12-9-6-8-11-7-4-5-10-15(11)13(12)16/h11-12H,4-10H2,1-3H3. The van der Waals surface area contributed by atoms with Gasteiger partial charge in [-0.3, -0.25) is 4.79 Å². The summed E-state index contributed by atoms with van der Waals surface area (Å²) < 4.78 is 0. The van der Waals surface area contributed by atoms with Crippen molar-refractivity contribution < 1.29 is 4.79 Å². The Kier molecular flexibility index (Phi) is 3.27. The van der Waals surface area contributed by atoms with E-state index in [4.69, 9.17) is 0 Å². The van der Waals surface area contributed by atoms with Gasteiger partial charge in [-0.1, -0.05) is 27.2 Å².